The van der Waals surface area contributed by atoms with Gasteiger partial charge in [-0.1, -0.05) is 53.7 Å². The first-order valence-electron chi connectivity index (χ1n) is 10.7. The number of phenols is 2. The van der Waals surface area contributed by atoms with E-state index in [9.17, 15) is 10.2 Å². The molecule has 0 aliphatic carbocycles. The third-order valence-corrected chi connectivity index (χ3v) is 5.76. The molecule has 0 saturated carbocycles. The molecule has 0 heterocycles. The Kier molecular flexibility index (Phi) is 8.78. The van der Waals surface area contributed by atoms with Crippen molar-refractivity contribution < 1.29 is 10.2 Å². The van der Waals surface area contributed by atoms with Crippen LogP contribution in [0.15, 0.2) is 34.3 Å². The van der Waals surface area contributed by atoms with E-state index >= 15 is 0 Å². The SMILES string of the molecule is CC(C)(C)c1cc(CCl)cc(C=NCCN=Cc2cc(CCl)cc(C(C)(C)C)c2O)c1O. The second-order valence-electron chi connectivity index (χ2n) is 10.0. The van der Waals surface area contributed by atoms with Crippen molar-refractivity contribution in [2.75, 3.05) is 13.1 Å². The van der Waals surface area contributed by atoms with Gasteiger partial charge in [0.05, 0.1) is 13.1 Å². The summed E-state index contributed by atoms with van der Waals surface area (Å²) in [6.45, 7) is 13.2. The van der Waals surface area contributed by atoms with Crippen molar-refractivity contribution in [3.63, 3.8) is 0 Å². The van der Waals surface area contributed by atoms with Crippen molar-refractivity contribution in [3.8, 4) is 11.5 Å². The van der Waals surface area contributed by atoms with Gasteiger partial charge in [0.25, 0.3) is 0 Å². The van der Waals surface area contributed by atoms with Crippen molar-refractivity contribution in [3.05, 3.63) is 57.6 Å². The van der Waals surface area contributed by atoms with Gasteiger partial charge in [0.15, 0.2) is 0 Å². The maximum absolute atomic E-state index is 10.7. The third-order valence-electron chi connectivity index (χ3n) is 5.14. The fraction of sp³-hybridized carbons (Fsp3) is 0.462. The van der Waals surface area contributed by atoms with Crippen LogP contribution in [-0.2, 0) is 22.6 Å². The van der Waals surface area contributed by atoms with E-state index < -0.39 is 0 Å². The summed E-state index contributed by atoms with van der Waals surface area (Å²) in [7, 11) is 0. The quantitative estimate of drug-likeness (QED) is 0.265. The van der Waals surface area contributed by atoms with Gasteiger partial charge >= 0.3 is 0 Å². The Morgan fingerprint density at radius 1 is 0.688 bits per heavy atom. The molecule has 32 heavy (non-hydrogen) atoms. The largest absolute Gasteiger partial charge is 0.507 e. The van der Waals surface area contributed by atoms with Gasteiger partial charge in [0.1, 0.15) is 11.5 Å². The Morgan fingerprint density at radius 3 is 1.31 bits per heavy atom. The van der Waals surface area contributed by atoms with Gasteiger partial charge in [-0.2, -0.15) is 0 Å². The van der Waals surface area contributed by atoms with Crippen LogP contribution in [0.5, 0.6) is 11.5 Å². The van der Waals surface area contributed by atoms with E-state index in [0.717, 1.165) is 22.3 Å². The number of rotatable bonds is 7. The van der Waals surface area contributed by atoms with Crippen LogP contribution >= 0.6 is 23.2 Å². The van der Waals surface area contributed by atoms with E-state index in [0.29, 0.717) is 36.0 Å². The molecule has 0 aliphatic heterocycles. The molecule has 0 aliphatic rings. The summed E-state index contributed by atoms with van der Waals surface area (Å²) in [6, 6.07) is 7.59. The molecule has 2 N–H and O–H groups in total. The standard InChI is InChI=1S/C26H34Cl2N2O2/c1-25(2,3)21-11-17(13-27)9-19(23(21)31)15-29-7-8-30-16-20-10-18(14-28)12-22(24(20)32)26(4,5)6/h9-12,15-16,31-32H,7-8,13-14H2,1-6H3. The number of aromatic hydroxyl groups is 2. The van der Waals surface area contributed by atoms with E-state index in [4.69, 9.17) is 23.2 Å². The summed E-state index contributed by atoms with van der Waals surface area (Å²) in [5.41, 5.74) is 4.48. The average Bonchev–Trinajstić information content (AvgIpc) is 2.70. The van der Waals surface area contributed by atoms with Crippen LogP contribution in [0.3, 0.4) is 0 Å². The molecule has 0 bridgehead atoms. The molecule has 0 amide bonds. The smallest absolute Gasteiger partial charge is 0.128 e. The minimum Gasteiger partial charge on any atom is -0.507 e. The molecule has 2 aromatic rings. The van der Waals surface area contributed by atoms with Crippen LogP contribution in [0.25, 0.3) is 0 Å². The van der Waals surface area contributed by atoms with Crippen LogP contribution in [0.4, 0.5) is 0 Å². The zero-order chi connectivity index (χ0) is 24.1. The van der Waals surface area contributed by atoms with Crippen LogP contribution in [0.2, 0.25) is 0 Å². The van der Waals surface area contributed by atoms with Crippen molar-refractivity contribution in [2.45, 2.75) is 64.1 Å². The lowest BCUT2D eigenvalue weighted by molar-refractivity contribution is 0.445. The van der Waals surface area contributed by atoms with E-state index in [-0.39, 0.29) is 22.3 Å². The summed E-state index contributed by atoms with van der Waals surface area (Å²) in [6.07, 6.45) is 3.33. The molecule has 0 atom stereocenters. The predicted molar refractivity (Wildman–Crippen MR) is 138 cm³/mol. The van der Waals surface area contributed by atoms with Gasteiger partial charge in [-0.25, -0.2) is 0 Å². The van der Waals surface area contributed by atoms with Gasteiger partial charge in [-0.15, -0.1) is 23.2 Å². The van der Waals surface area contributed by atoms with Crippen LogP contribution in [0.1, 0.15) is 74.9 Å². The van der Waals surface area contributed by atoms with E-state index in [1.54, 1.807) is 12.4 Å². The van der Waals surface area contributed by atoms with Gasteiger partial charge in [0.2, 0.25) is 0 Å². The number of nitrogens with zero attached hydrogens (tertiary/aromatic N) is 2. The number of hydrogen-bond donors (Lipinski definition) is 2. The Morgan fingerprint density at radius 2 is 1.03 bits per heavy atom. The zero-order valence-electron chi connectivity index (χ0n) is 19.8. The minimum absolute atomic E-state index is 0.204. The van der Waals surface area contributed by atoms with E-state index in [1.807, 2.05) is 24.3 Å². The molecule has 0 radical (unpaired) electrons. The number of aliphatic imine (C=N–C) groups is 2. The highest BCUT2D eigenvalue weighted by atomic mass is 35.5. The van der Waals surface area contributed by atoms with Crippen LogP contribution < -0.4 is 0 Å². The molecule has 174 valence electrons. The lowest BCUT2D eigenvalue weighted by Gasteiger charge is -2.22. The summed E-state index contributed by atoms with van der Waals surface area (Å²) < 4.78 is 0. The van der Waals surface area contributed by atoms with Gasteiger partial charge in [-0.05, 0) is 34.1 Å². The molecule has 2 rings (SSSR count). The third kappa shape index (κ3) is 6.73. The van der Waals surface area contributed by atoms with Gasteiger partial charge < -0.3 is 10.2 Å². The van der Waals surface area contributed by atoms with Crippen LogP contribution in [-0.4, -0.2) is 35.7 Å². The molecule has 0 aromatic heterocycles. The first-order valence-corrected chi connectivity index (χ1v) is 11.8. The minimum atomic E-state index is -0.204. The molecule has 6 heteroatoms. The topological polar surface area (TPSA) is 65.2 Å². The Labute approximate surface area is 202 Å². The van der Waals surface area contributed by atoms with Crippen molar-refractivity contribution in [1.29, 1.82) is 0 Å². The van der Waals surface area contributed by atoms with Crippen LogP contribution in [0, 0.1) is 0 Å². The summed E-state index contributed by atoms with van der Waals surface area (Å²) in [5.74, 6) is 1.21. The summed E-state index contributed by atoms with van der Waals surface area (Å²) in [4.78, 5) is 8.84. The monoisotopic (exact) mass is 476 g/mol. The number of benzene rings is 2. The maximum Gasteiger partial charge on any atom is 0.128 e. The zero-order valence-corrected chi connectivity index (χ0v) is 21.3. The lowest BCUT2D eigenvalue weighted by atomic mass is 9.84. The molecule has 0 unspecified atom stereocenters. The maximum atomic E-state index is 10.7. The highest BCUT2D eigenvalue weighted by Crippen LogP contribution is 2.35. The molecule has 2 aromatic carbocycles. The fourth-order valence-corrected chi connectivity index (χ4v) is 3.68. The molecular weight excluding hydrogens is 443 g/mol. The van der Waals surface area contributed by atoms with Gasteiger partial charge in [-0.3, -0.25) is 9.98 Å². The fourth-order valence-electron chi connectivity index (χ4n) is 3.37. The molecule has 0 spiro atoms. The second-order valence-corrected chi connectivity index (χ2v) is 10.5. The molecule has 4 nitrogen and oxygen atoms in total. The van der Waals surface area contributed by atoms with Crippen molar-refractivity contribution in [2.24, 2.45) is 9.98 Å². The predicted octanol–water partition coefficient (Wildman–Crippen LogP) is 6.71. The first-order chi connectivity index (χ1) is 14.9. The molecular formula is C26H34Cl2N2O2. The Bertz CT molecular complexity index is 919. The van der Waals surface area contributed by atoms with E-state index in [2.05, 4.69) is 51.5 Å². The first kappa shape index (κ1) is 26.2. The van der Waals surface area contributed by atoms with E-state index in [1.165, 1.54) is 0 Å². The Hall–Kier alpha value is -2.04. The van der Waals surface area contributed by atoms with Gasteiger partial charge in [0, 0.05) is 46.4 Å². The lowest BCUT2D eigenvalue weighted by Crippen LogP contribution is -2.13. The molecule has 0 saturated heterocycles. The molecule has 0 fully saturated rings. The van der Waals surface area contributed by atoms with Crippen molar-refractivity contribution in [1.82, 2.24) is 0 Å². The number of alkyl halides is 2. The normalized spacial score (nSPS) is 12.9. The number of phenolic OH excluding ortho intramolecular Hbond substituents is 2. The highest BCUT2D eigenvalue weighted by Gasteiger charge is 2.21. The highest BCUT2D eigenvalue weighted by molar-refractivity contribution is 6.17. The summed E-state index contributed by atoms with van der Waals surface area (Å²) in [5, 5.41) is 21.3. The average molecular weight is 477 g/mol. The summed E-state index contributed by atoms with van der Waals surface area (Å²) >= 11 is 12.1. The number of hydrogen-bond acceptors (Lipinski definition) is 4. The second kappa shape index (κ2) is 10.7. The van der Waals surface area contributed by atoms with Crippen molar-refractivity contribution >= 4 is 35.6 Å². The Balaban J connectivity index is 2.15. The number of halogens is 2.